The van der Waals surface area contributed by atoms with Crippen LogP contribution < -0.4 is 4.90 Å². The van der Waals surface area contributed by atoms with Gasteiger partial charge in [0.25, 0.3) is 0 Å². The number of aromatic nitrogens is 2. The fourth-order valence-corrected chi connectivity index (χ4v) is 5.21. The first-order chi connectivity index (χ1) is 15.5. The van der Waals surface area contributed by atoms with Crippen LogP contribution in [-0.4, -0.2) is 33.6 Å². The molecule has 5 nitrogen and oxygen atoms in total. The molecule has 0 aliphatic carbocycles. The Hall–Kier alpha value is -3.03. The average molecular weight is 468 g/mol. The molecule has 0 bridgehead atoms. The minimum Gasteiger partial charge on any atom is -0.480 e. The number of carboxylic acids is 1. The Balaban J connectivity index is 1.48. The van der Waals surface area contributed by atoms with Crippen molar-refractivity contribution in [3.05, 3.63) is 76.1 Å². The first kappa shape index (κ1) is 20.8. The Kier molecular flexibility index (Phi) is 5.53. The van der Waals surface area contributed by atoms with Crippen LogP contribution in [0.15, 0.2) is 54.2 Å². The van der Waals surface area contributed by atoms with E-state index in [0.717, 1.165) is 16.7 Å². The van der Waals surface area contributed by atoms with E-state index in [4.69, 9.17) is 11.6 Å². The third-order valence-electron chi connectivity index (χ3n) is 5.79. The molecule has 1 aliphatic rings. The topological polar surface area (TPSA) is 66.3 Å². The van der Waals surface area contributed by atoms with Crippen LogP contribution in [-0.2, 0) is 11.2 Å². The van der Waals surface area contributed by atoms with Gasteiger partial charge >= 0.3 is 5.97 Å². The number of carboxylic acid groups (broad SMARTS) is 1. The van der Waals surface area contributed by atoms with Crippen LogP contribution in [0.25, 0.3) is 21.3 Å². The van der Waals surface area contributed by atoms with E-state index < -0.39 is 12.0 Å². The first-order valence-electron chi connectivity index (χ1n) is 10.3. The molecule has 0 saturated carbocycles. The average Bonchev–Trinajstić information content (AvgIpc) is 3.44. The second kappa shape index (κ2) is 8.48. The van der Waals surface area contributed by atoms with Crippen molar-refractivity contribution < 1.29 is 14.3 Å². The third-order valence-corrected chi connectivity index (χ3v) is 6.80. The predicted octanol–water partition coefficient (Wildman–Crippen LogP) is 5.80. The smallest absolute Gasteiger partial charge is 0.326 e. The maximum atomic E-state index is 15.7. The summed E-state index contributed by atoms with van der Waals surface area (Å²) in [6, 6.07) is 12.1. The van der Waals surface area contributed by atoms with Crippen LogP contribution in [0.2, 0.25) is 5.02 Å². The van der Waals surface area contributed by atoms with Gasteiger partial charge in [-0.05, 0) is 53.8 Å². The molecule has 162 valence electrons. The maximum Gasteiger partial charge on any atom is 0.326 e. The third kappa shape index (κ3) is 3.82. The van der Waals surface area contributed by atoms with Crippen molar-refractivity contribution in [2.45, 2.75) is 25.3 Å². The molecule has 0 radical (unpaired) electrons. The Morgan fingerprint density at radius 1 is 1.25 bits per heavy atom. The molecule has 3 heterocycles. The van der Waals surface area contributed by atoms with Crippen molar-refractivity contribution in [2.24, 2.45) is 0 Å². The summed E-state index contributed by atoms with van der Waals surface area (Å²) in [5.41, 5.74) is 4.88. The number of anilines is 1. The normalized spacial score (nSPS) is 16.1. The number of halogens is 2. The molecule has 1 N–H and O–H groups in total. The predicted molar refractivity (Wildman–Crippen MR) is 125 cm³/mol. The summed E-state index contributed by atoms with van der Waals surface area (Å²) in [4.78, 5) is 22.1. The van der Waals surface area contributed by atoms with E-state index in [0.29, 0.717) is 52.4 Å². The van der Waals surface area contributed by atoms with Gasteiger partial charge in [-0.1, -0.05) is 29.8 Å². The second-order valence-corrected chi connectivity index (χ2v) is 9.15. The van der Waals surface area contributed by atoms with Crippen molar-refractivity contribution in [3.63, 3.8) is 0 Å². The first-order valence-corrected chi connectivity index (χ1v) is 11.5. The number of pyridine rings is 1. The van der Waals surface area contributed by atoms with Gasteiger partial charge in [-0.15, -0.1) is 11.3 Å². The zero-order chi connectivity index (χ0) is 22.2. The summed E-state index contributed by atoms with van der Waals surface area (Å²) in [6.45, 7) is 0.670. The van der Waals surface area contributed by atoms with E-state index in [1.165, 1.54) is 11.3 Å². The summed E-state index contributed by atoms with van der Waals surface area (Å²) < 4.78 is 16.6. The largest absolute Gasteiger partial charge is 0.480 e. The molecule has 2 aromatic heterocycles. The van der Waals surface area contributed by atoms with Crippen LogP contribution in [0.1, 0.15) is 24.0 Å². The summed E-state index contributed by atoms with van der Waals surface area (Å²) in [5, 5.41) is 9.95. The zero-order valence-electron chi connectivity index (χ0n) is 17.0. The van der Waals surface area contributed by atoms with E-state index in [1.54, 1.807) is 29.9 Å². The fraction of sp³-hybridized carbons (Fsp3) is 0.208. The molecule has 4 aromatic rings. The molecular weight excluding hydrogens is 449 g/mol. The molecule has 5 rings (SSSR count). The zero-order valence-corrected chi connectivity index (χ0v) is 18.5. The molecule has 1 atom stereocenters. The number of nitrogens with zero attached hydrogens (tertiary/aromatic N) is 3. The van der Waals surface area contributed by atoms with Gasteiger partial charge in [0.2, 0.25) is 0 Å². The lowest BCUT2D eigenvalue weighted by molar-refractivity contribution is -0.138. The lowest BCUT2D eigenvalue weighted by atomic mass is 9.97. The van der Waals surface area contributed by atoms with Crippen LogP contribution in [0, 0.1) is 5.82 Å². The lowest BCUT2D eigenvalue weighted by Crippen LogP contribution is -2.36. The number of thiazole rings is 1. The van der Waals surface area contributed by atoms with Gasteiger partial charge in [0, 0.05) is 29.7 Å². The van der Waals surface area contributed by atoms with Gasteiger partial charge < -0.3 is 10.0 Å². The number of rotatable bonds is 5. The molecule has 1 fully saturated rings. The molecule has 2 aromatic carbocycles. The van der Waals surface area contributed by atoms with Gasteiger partial charge in [0.15, 0.2) is 0 Å². The highest BCUT2D eigenvalue weighted by Gasteiger charge is 2.31. The van der Waals surface area contributed by atoms with E-state index in [-0.39, 0.29) is 5.82 Å². The highest BCUT2D eigenvalue weighted by atomic mass is 35.5. The minimum atomic E-state index is -0.832. The summed E-state index contributed by atoms with van der Waals surface area (Å²) in [6.07, 6.45) is 3.50. The molecule has 1 saturated heterocycles. The Labute approximate surface area is 193 Å². The number of benzene rings is 2. The van der Waals surface area contributed by atoms with E-state index in [9.17, 15) is 9.90 Å². The van der Waals surface area contributed by atoms with Crippen molar-refractivity contribution >= 4 is 44.9 Å². The van der Waals surface area contributed by atoms with Crippen molar-refractivity contribution in [3.8, 4) is 11.1 Å². The minimum absolute atomic E-state index is 0.319. The molecule has 0 spiro atoms. The molecular formula is C24H19ClFN3O2S. The van der Waals surface area contributed by atoms with E-state index in [2.05, 4.69) is 9.97 Å². The number of hydrogen-bond acceptors (Lipinski definition) is 5. The summed E-state index contributed by atoms with van der Waals surface area (Å²) >= 11 is 7.62. The Bertz CT molecular complexity index is 1310. The fourth-order valence-electron chi connectivity index (χ4n) is 4.28. The SMILES string of the molecule is O=C(O)[C@@H]1CCCN1c1ccc(Cc2cc3scnc3c(-c3cccc(Cl)c3)c2F)cn1. The maximum absolute atomic E-state index is 15.7. The Morgan fingerprint density at radius 2 is 2.12 bits per heavy atom. The monoisotopic (exact) mass is 467 g/mol. The number of carbonyl (C=O) groups is 1. The quantitative estimate of drug-likeness (QED) is 0.402. The van der Waals surface area contributed by atoms with Gasteiger partial charge in [-0.25, -0.2) is 19.2 Å². The van der Waals surface area contributed by atoms with Crippen LogP contribution in [0.3, 0.4) is 0 Å². The molecule has 0 amide bonds. The molecule has 8 heteroatoms. The van der Waals surface area contributed by atoms with E-state index >= 15 is 4.39 Å². The lowest BCUT2D eigenvalue weighted by Gasteiger charge is -2.22. The standard InChI is InChI=1S/C24H19ClFN3O2S/c25-17-4-1-3-15(10-17)21-22(26)16(11-19-23(21)28-13-32-19)9-14-6-7-20(27-12-14)29-8-2-5-18(29)24(30)31/h1,3-4,6-7,10-13,18H,2,5,8-9H2,(H,30,31)/t18-/m0/s1. The van der Waals surface area contributed by atoms with Crippen LogP contribution in [0.5, 0.6) is 0 Å². The van der Waals surface area contributed by atoms with Crippen molar-refractivity contribution in [1.29, 1.82) is 0 Å². The van der Waals surface area contributed by atoms with E-state index in [1.807, 2.05) is 29.2 Å². The molecule has 1 aliphatic heterocycles. The summed E-state index contributed by atoms with van der Waals surface area (Å²) in [7, 11) is 0. The van der Waals surface area contributed by atoms with Crippen LogP contribution >= 0.6 is 22.9 Å². The van der Waals surface area contributed by atoms with Gasteiger partial charge in [-0.3, -0.25) is 0 Å². The van der Waals surface area contributed by atoms with Crippen molar-refractivity contribution in [1.82, 2.24) is 9.97 Å². The number of fused-ring (bicyclic) bond motifs is 1. The van der Waals surface area contributed by atoms with Crippen LogP contribution in [0.4, 0.5) is 10.2 Å². The number of aliphatic carboxylic acids is 1. The Morgan fingerprint density at radius 3 is 2.88 bits per heavy atom. The van der Waals surface area contributed by atoms with Crippen molar-refractivity contribution in [2.75, 3.05) is 11.4 Å². The van der Waals surface area contributed by atoms with Gasteiger partial charge in [0.05, 0.1) is 15.7 Å². The molecule has 32 heavy (non-hydrogen) atoms. The van der Waals surface area contributed by atoms with Gasteiger partial charge in [0.1, 0.15) is 17.7 Å². The summed E-state index contributed by atoms with van der Waals surface area (Å²) in [5.74, 6) is -0.515. The number of hydrogen-bond donors (Lipinski definition) is 1. The van der Waals surface area contributed by atoms with Gasteiger partial charge in [-0.2, -0.15) is 0 Å². The molecule has 0 unspecified atom stereocenters. The second-order valence-electron chi connectivity index (χ2n) is 7.83. The highest BCUT2D eigenvalue weighted by Crippen LogP contribution is 2.36. The highest BCUT2D eigenvalue weighted by molar-refractivity contribution is 7.16.